The molecule has 1 aromatic heterocycles. The van der Waals surface area contributed by atoms with Crippen LogP contribution in [0.25, 0.3) is 11.1 Å². The van der Waals surface area contributed by atoms with Gasteiger partial charge < -0.3 is 13.9 Å². The molecule has 2 aliphatic rings. The summed E-state index contributed by atoms with van der Waals surface area (Å²) >= 11 is 0. The molecule has 8 heteroatoms. The zero-order valence-corrected chi connectivity index (χ0v) is 25.0. The quantitative estimate of drug-likeness (QED) is 0.306. The normalized spacial score (nSPS) is 19.9. The van der Waals surface area contributed by atoms with Crippen LogP contribution in [0.5, 0.6) is 0 Å². The molecular weight excluding hydrogens is 506 g/mol. The molecule has 1 saturated heterocycles. The highest BCUT2D eigenvalue weighted by Gasteiger charge is 2.41. The Morgan fingerprint density at radius 3 is 2.51 bits per heavy atom. The van der Waals surface area contributed by atoms with Crippen molar-refractivity contribution in [2.45, 2.75) is 77.0 Å². The fraction of sp³-hybridized carbons (Fsp3) is 0.484. The van der Waals surface area contributed by atoms with Crippen molar-refractivity contribution in [3.63, 3.8) is 0 Å². The molecule has 0 radical (unpaired) electrons. The molecule has 0 aliphatic carbocycles. The van der Waals surface area contributed by atoms with Gasteiger partial charge in [-0.3, -0.25) is 9.58 Å². The minimum absolute atomic E-state index is 0.0782. The molecule has 208 valence electrons. The maximum atomic E-state index is 13.6. The van der Waals surface area contributed by atoms with Crippen molar-refractivity contribution in [1.82, 2.24) is 14.7 Å². The largest absolute Gasteiger partial charge is 0.445 e. The highest BCUT2D eigenvalue weighted by atomic mass is 28.4. The van der Waals surface area contributed by atoms with Crippen LogP contribution in [0.2, 0.25) is 18.1 Å². The molecule has 0 bridgehead atoms. The van der Waals surface area contributed by atoms with Crippen LogP contribution in [0.4, 0.5) is 4.79 Å². The number of hydrogen-bond acceptors (Lipinski definition) is 5. The number of fused-ring (bicyclic) bond motifs is 1. The summed E-state index contributed by atoms with van der Waals surface area (Å²) in [6.45, 7) is 15.5. The lowest BCUT2D eigenvalue weighted by Gasteiger charge is -2.44. The smallest absolute Gasteiger partial charge is 0.410 e. The summed E-state index contributed by atoms with van der Waals surface area (Å²) in [7, 11) is -2.03. The molecule has 1 fully saturated rings. The zero-order valence-electron chi connectivity index (χ0n) is 24.0. The van der Waals surface area contributed by atoms with Gasteiger partial charge in [0.25, 0.3) is 0 Å². The molecule has 0 spiro atoms. The second-order valence-corrected chi connectivity index (χ2v) is 17.1. The molecule has 2 aromatic carbocycles. The van der Waals surface area contributed by atoms with Crippen molar-refractivity contribution in [3.8, 4) is 11.1 Å². The van der Waals surface area contributed by atoms with E-state index in [4.69, 9.17) is 13.9 Å². The summed E-state index contributed by atoms with van der Waals surface area (Å²) in [4.78, 5) is 15.5. The fourth-order valence-corrected chi connectivity index (χ4v) is 6.15. The van der Waals surface area contributed by atoms with Crippen molar-refractivity contribution < 1.29 is 18.7 Å². The van der Waals surface area contributed by atoms with E-state index in [1.165, 1.54) is 11.1 Å². The molecule has 7 nitrogen and oxygen atoms in total. The van der Waals surface area contributed by atoms with E-state index in [1.54, 1.807) is 0 Å². The molecule has 1 amide bonds. The Balaban J connectivity index is 1.45. The average Bonchev–Trinajstić information content (AvgIpc) is 3.34. The van der Waals surface area contributed by atoms with Gasteiger partial charge in [0.05, 0.1) is 44.1 Å². The maximum absolute atomic E-state index is 13.6. The van der Waals surface area contributed by atoms with Gasteiger partial charge in [0.2, 0.25) is 0 Å². The van der Waals surface area contributed by atoms with Crippen LogP contribution in [0.15, 0.2) is 60.9 Å². The molecule has 3 heterocycles. The number of benzene rings is 2. The lowest BCUT2D eigenvalue weighted by Crippen LogP contribution is -2.51. The minimum Gasteiger partial charge on any atom is -0.445 e. The average molecular weight is 548 g/mol. The van der Waals surface area contributed by atoms with Crippen molar-refractivity contribution in [1.29, 1.82) is 0 Å². The van der Waals surface area contributed by atoms with Gasteiger partial charge in [0.15, 0.2) is 8.32 Å². The third-order valence-corrected chi connectivity index (χ3v) is 13.2. The standard InChI is InChI=1S/C31H41N3O4Si/c1-22-27-13-10-14-28(24-16-32-33(17-24)26-19-36-20-26)29(27)15-25(21-38-39(5,6)31(2,3)4)34(22)30(35)37-18-23-11-8-7-9-12-23/h7-14,16-17,22,25-26H,15,18-21H2,1-6H3/t22-,25+/m0/s1. The van der Waals surface area contributed by atoms with E-state index in [-0.39, 0.29) is 29.8 Å². The lowest BCUT2D eigenvalue weighted by atomic mass is 9.85. The summed E-state index contributed by atoms with van der Waals surface area (Å²) in [6.07, 6.45) is 4.46. The predicted octanol–water partition coefficient (Wildman–Crippen LogP) is 6.77. The van der Waals surface area contributed by atoms with Crippen molar-refractivity contribution in [2.75, 3.05) is 19.8 Å². The number of nitrogens with zero attached hydrogens (tertiary/aromatic N) is 3. The Hall–Kier alpha value is -2.94. The van der Waals surface area contributed by atoms with Crippen LogP contribution in [0.3, 0.4) is 0 Å². The van der Waals surface area contributed by atoms with Crippen molar-refractivity contribution in [2.24, 2.45) is 0 Å². The third-order valence-electron chi connectivity index (χ3n) is 8.68. The third kappa shape index (κ3) is 5.69. The number of amides is 1. The van der Waals surface area contributed by atoms with Gasteiger partial charge in [0.1, 0.15) is 6.61 Å². The van der Waals surface area contributed by atoms with Crippen LogP contribution in [-0.4, -0.2) is 55.0 Å². The first-order valence-corrected chi connectivity index (χ1v) is 16.8. The Morgan fingerprint density at radius 1 is 1.10 bits per heavy atom. The fourth-order valence-electron chi connectivity index (χ4n) is 5.11. The van der Waals surface area contributed by atoms with Gasteiger partial charge in [-0.25, -0.2) is 4.79 Å². The number of aromatic nitrogens is 2. The second-order valence-electron chi connectivity index (χ2n) is 12.3. The summed E-state index contributed by atoms with van der Waals surface area (Å²) < 4.78 is 19.9. The summed E-state index contributed by atoms with van der Waals surface area (Å²) in [5, 5.41) is 4.70. The van der Waals surface area contributed by atoms with Crippen molar-refractivity contribution in [3.05, 3.63) is 77.6 Å². The van der Waals surface area contributed by atoms with Gasteiger partial charge in [0, 0.05) is 11.8 Å². The van der Waals surface area contributed by atoms with Gasteiger partial charge in [-0.15, -0.1) is 0 Å². The number of hydrogen-bond donors (Lipinski definition) is 0. The molecule has 0 saturated carbocycles. The summed E-state index contributed by atoms with van der Waals surface area (Å²) in [5.74, 6) is 0. The van der Waals surface area contributed by atoms with Gasteiger partial charge in [-0.2, -0.15) is 5.10 Å². The van der Waals surface area contributed by atoms with Gasteiger partial charge in [-0.05, 0) is 53.7 Å². The monoisotopic (exact) mass is 547 g/mol. The Labute approximate surface area is 233 Å². The number of rotatable bonds is 7. The topological polar surface area (TPSA) is 65.8 Å². The van der Waals surface area contributed by atoms with Crippen LogP contribution >= 0.6 is 0 Å². The summed E-state index contributed by atoms with van der Waals surface area (Å²) in [6, 6.07) is 16.2. The number of ether oxygens (including phenoxy) is 2. The van der Waals surface area contributed by atoms with E-state index >= 15 is 0 Å². The number of carbonyl (C=O) groups is 1. The molecule has 39 heavy (non-hydrogen) atoms. The SMILES string of the molecule is C[C@H]1c2cccc(-c3cnn(C4COC4)c3)c2C[C@H](CO[Si](C)(C)C(C)(C)C)N1C(=O)OCc1ccccc1. The predicted molar refractivity (Wildman–Crippen MR) is 155 cm³/mol. The van der Waals surface area contributed by atoms with Crippen LogP contribution in [0, 0.1) is 0 Å². The summed E-state index contributed by atoms with van der Waals surface area (Å²) in [5.41, 5.74) is 5.63. The van der Waals surface area contributed by atoms with Crippen molar-refractivity contribution >= 4 is 14.4 Å². The van der Waals surface area contributed by atoms with E-state index in [2.05, 4.69) is 70.3 Å². The Bertz CT molecular complexity index is 1300. The zero-order chi connectivity index (χ0) is 27.8. The first-order chi connectivity index (χ1) is 18.5. The molecular formula is C31H41N3O4Si. The van der Waals surface area contributed by atoms with Crippen LogP contribution in [-0.2, 0) is 26.9 Å². The van der Waals surface area contributed by atoms with E-state index in [0.717, 1.165) is 16.7 Å². The van der Waals surface area contributed by atoms with Gasteiger partial charge >= 0.3 is 6.09 Å². The Morgan fingerprint density at radius 2 is 1.85 bits per heavy atom. The molecule has 2 aliphatic heterocycles. The molecule has 3 aromatic rings. The van der Waals surface area contributed by atoms with E-state index in [1.807, 2.05) is 46.1 Å². The lowest BCUT2D eigenvalue weighted by molar-refractivity contribution is -0.0286. The number of carbonyl (C=O) groups excluding carboxylic acids is 1. The molecule has 0 unspecified atom stereocenters. The highest BCUT2D eigenvalue weighted by Crippen LogP contribution is 2.41. The maximum Gasteiger partial charge on any atom is 0.410 e. The minimum atomic E-state index is -2.03. The van der Waals surface area contributed by atoms with E-state index in [0.29, 0.717) is 32.3 Å². The molecule has 5 rings (SSSR count). The van der Waals surface area contributed by atoms with Gasteiger partial charge in [-0.1, -0.05) is 69.3 Å². The second kappa shape index (κ2) is 10.9. The Kier molecular flexibility index (Phi) is 7.72. The molecule has 2 atom stereocenters. The first-order valence-electron chi connectivity index (χ1n) is 13.9. The van der Waals surface area contributed by atoms with E-state index < -0.39 is 8.32 Å². The van der Waals surface area contributed by atoms with E-state index in [9.17, 15) is 4.79 Å². The van der Waals surface area contributed by atoms with Crippen LogP contribution in [0.1, 0.15) is 56.5 Å². The highest BCUT2D eigenvalue weighted by molar-refractivity contribution is 6.74. The first kappa shape index (κ1) is 27.6. The molecule has 0 N–H and O–H groups in total. The van der Waals surface area contributed by atoms with Crippen LogP contribution < -0.4 is 0 Å².